The highest BCUT2D eigenvalue weighted by atomic mass is 35.5. The average Bonchev–Trinajstić information content (AvgIpc) is 2.54. The van der Waals surface area contributed by atoms with Crippen LogP contribution in [0.1, 0.15) is 6.42 Å². The number of nitro benzene ring substituents is 1. The molecule has 1 heterocycles. The van der Waals surface area contributed by atoms with Gasteiger partial charge in [0.1, 0.15) is 5.02 Å². The van der Waals surface area contributed by atoms with Gasteiger partial charge in [-0.25, -0.2) is 0 Å². The molecule has 0 spiro atoms. The third kappa shape index (κ3) is 5.91. The highest BCUT2D eigenvalue weighted by molar-refractivity contribution is 7.80. The maximum Gasteiger partial charge on any atom is 0.289 e. The molecule has 1 aromatic carbocycles. The van der Waals surface area contributed by atoms with E-state index in [-0.39, 0.29) is 10.7 Å². The molecule has 1 saturated heterocycles. The van der Waals surface area contributed by atoms with Gasteiger partial charge in [0.25, 0.3) is 5.69 Å². The fourth-order valence-electron chi connectivity index (χ4n) is 2.23. The lowest BCUT2D eigenvalue weighted by Crippen LogP contribution is -2.38. The van der Waals surface area contributed by atoms with Crippen molar-refractivity contribution in [3.63, 3.8) is 0 Å². The summed E-state index contributed by atoms with van der Waals surface area (Å²) in [5.41, 5.74) is 0.388. The minimum absolute atomic E-state index is 0.102. The Morgan fingerprint density at radius 1 is 1.43 bits per heavy atom. The van der Waals surface area contributed by atoms with Crippen LogP contribution in [-0.2, 0) is 4.74 Å². The summed E-state index contributed by atoms with van der Waals surface area (Å²) in [5, 5.41) is 17.4. The predicted octanol–water partition coefficient (Wildman–Crippen LogP) is 2.26. The van der Waals surface area contributed by atoms with Gasteiger partial charge >= 0.3 is 0 Å². The van der Waals surface area contributed by atoms with Gasteiger partial charge < -0.3 is 15.4 Å². The van der Waals surface area contributed by atoms with Gasteiger partial charge in [-0.2, -0.15) is 0 Å². The number of thiocarbonyl (C=S) groups is 1. The van der Waals surface area contributed by atoms with Gasteiger partial charge in [-0.05, 0) is 37.3 Å². The largest absolute Gasteiger partial charge is 0.379 e. The molecule has 0 radical (unpaired) electrons. The van der Waals surface area contributed by atoms with E-state index in [2.05, 4.69) is 15.5 Å². The molecule has 2 N–H and O–H groups in total. The first-order valence-electron chi connectivity index (χ1n) is 7.35. The molecular weight excluding hydrogens is 340 g/mol. The molecule has 1 aliphatic rings. The molecule has 0 aliphatic carbocycles. The molecule has 1 aromatic rings. The first kappa shape index (κ1) is 17.9. The standard InChI is InChI=1S/C14H19ClN4O3S/c15-12-3-2-11(10-13(12)19(20)21)17-14(23)16-4-1-5-18-6-8-22-9-7-18/h2-3,10H,1,4-9H2,(H2,16,17,23). The van der Waals surface area contributed by atoms with Crippen LogP contribution in [0.3, 0.4) is 0 Å². The third-order valence-electron chi connectivity index (χ3n) is 3.44. The van der Waals surface area contributed by atoms with Crippen LogP contribution in [0, 0.1) is 10.1 Å². The lowest BCUT2D eigenvalue weighted by molar-refractivity contribution is -0.384. The van der Waals surface area contributed by atoms with E-state index in [1.54, 1.807) is 6.07 Å². The van der Waals surface area contributed by atoms with Crippen LogP contribution >= 0.6 is 23.8 Å². The average molecular weight is 359 g/mol. The third-order valence-corrected chi connectivity index (χ3v) is 4.01. The Hall–Kier alpha value is -1.48. The van der Waals surface area contributed by atoms with Crippen LogP contribution in [0.4, 0.5) is 11.4 Å². The van der Waals surface area contributed by atoms with E-state index < -0.39 is 4.92 Å². The molecule has 23 heavy (non-hydrogen) atoms. The van der Waals surface area contributed by atoms with Gasteiger partial charge in [0.15, 0.2) is 5.11 Å². The van der Waals surface area contributed by atoms with Crippen LogP contribution in [0.15, 0.2) is 18.2 Å². The van der Waals surface area contributed by atoms with Crippen molar-refractivity contribution in [2.24, 2.45) is 0 Å². The number of rotatable bonds is 6. The summed E-state index contributed by atoms with van der Waals surface area (Å²) >= 11 is 11.0. The fourth-order valence-corrected chi connectivity index (χ4v) is 2.64. The summed E-state index contributed by atoms with van der Waals surface area (Å²) in [6.45, 7) is 5.25. The van der Waals surface area contributed by atoms with Crippen LogP contribution in [-0.4, -0.2) is 54.3 Å². The van der Waals surface area contributed by atoms with Gasteiger partial charge in [-0.15, -0.1) is 0 Å². The Morgan fingerprint density at radius 2 is 2.17 bits per heavy atom. The van der Waals surface area contributed by atoms with Gasteiger partial charge in [-0.3, -0.25) is 15.0 Å². The van der Waals surface area contributed by atoms with Crippen LogP contribution in [0.5, 0.6) is 0 Å². The molecular formula is C14H19ClN4O3S. The molecule has 0 atom stereocenters. The summed E-state index contributed by atoms with van der Waals surface area (Å²) in [7, 11) is 0. The number of nitrogens with one attached hydrogen (secondary N) is 2. The van der Waals surface area contributed by atoms with Gasteiger partial charge in [-0.1, -0.05) is 11.6 Å². The van der Waals surface area contributed by atoms with Crippen molar-refractivity contribution in [3.05, 3.63) is 33.3 Å². The number of nitrogens with zero attached hydrogens (tertiary/aromatic N) is 2. The molecule has 0 amide bonds. The van der Waals surface area contributed by atoms with E-state index in [0.29, 0.717) is 10.8 Å². The molecule has 1 aliphatic heterocycles. The van der Waals surface area contributed by atoms with Gasteiger partial charge in [0.05, 0.1) is 18.1 Å². The zero-order valence-electron chi connectivity index (χ0n) is 12.6. The Bertz CT molecular complexity index is 567. The number of nitro groups is 1. The van der Waals surface area contributed by atoms with Crippen molar-refractivity contribution in [1.29, 1.82) is 0 Å². The maximum absolute atomic E-state index is 10.9. The molecule has 0 aromatic heterocycles. The summed E-state index contributed by atoms with van der Waals surface area (Å²) in [4.78, 5) is 12.7. The first-order chi connectivity index (χ1) is 11.1. The van der Waals surface area contributed by atoms with Crippen molar-refractivity contribution in [3.8, 4) is 0 Å². The SMILES string of the molecule is O=[N+]([O-])c1cc(NC(=S)NCCCN2CCOCC2)ccc1Cl. The topological polar surface area (TPSA) is 79.7 Å². The number of morpholine rings is 1. The fraction of sp³-hybridized carbons (Fsp3) is 0.500. The van der Waals surface area contributed by atoms with Gasteiger partial charge in [0, 0.05) is 31.4 Å². The molecule has 0 bridgehead atoms. The van der Waals surface area contributed by atoms with Crippen LogP contribution in [0.25, 0.3) is 0 Å². The highest BCUT2D eigenvalue weighted by Crippen LogP contribution is 2.27. The monoisotopic (exact) mass is 358 g/mol. The molecule has 9 heteroatoms. The normalized spacial score (nSPS) is 15.2. The molecule has 1 fully saturated rings. The second-order valence-corrected chi connectivity index (χ2v) is 5.93. The van der Waals surface area contributed by atoms with E-state index >= 15 is 0 Å². The molecule has 0 saturated carbocycles. The van der Waals surface area contributed by atoms with Gasteiger partial charge in [0.2, 0.25) is 0 Å². The Labute approximate surface area is 145 Å². The summed E-state index contributed by atoms with van der Waals surface area (Å²) in [6.07, 6.45) is 0.961. The Balaban J connectivity index is 1.72. The maximum atomic E-state index is 10.9. The quantitative estimate of drug-likeness (QED) is 0.349. The lowest BCUT2D eigenvalue weighted by Gasteiger charge is -2.26. The number of anilines is 1. The highest BCUT2D eigenvalue weighted by Gasteiger charge is 2.13. The van der Waals surface area contributed by atoms with E-state index in [1.807, 2.05) is 0 Å². The lowest BCUT2D eigenvalue weighted by atomic mass is 10.3. The van der Waals surface area contributed by atoms with E-state index in [1.165, 1.54) is 12.1 Å². The summed E-state index contributed by atoms with van der Waals surface area (Å²) < 4.78 is 5.30. The predicted molar refractivity (Wildman–Crippen MR) is 94.2 cm³/mol. The number of benzene rings is 1. The van der Waals surface area contributed by atoms with Crippen molar-refractivity contribution in [2.75, 3.05) is 44.7 Å². The summed E-state index contributed by atoms with van der Waals surface area (Å²) in [6, 6.07) is 4.49. The zero-order valence-corrected chi connectivity index (χ0v) is 14.2. The number of hydrogen-bond donors (Lipinski definition) is 2. The molecule has 7 nitrogen and oxygen atoms in total. The van der Waals surface area contributed by atoms with Crippen molar-refractivity contribution >= 4 is 40.3 Å². The molecule has 2 rings (SSSR count). The first-order valence-corrected chi connectivity index (χ1v) is 8.14. The van der Waals surface area contributed by atoms with E-state index in [9.17, 15) is 10.1 Å². The minimum atomic E-state index is -0.522. The van der Waals surface area contributed by atoms with E-state index in [0.717, 1.165) is 45.8 Å². The van der Waals surface area contributed by atoms with Crippen molar-refractivity contribution < 1.29 is 9.66 Å². The minimum Gasteiger partial charge on any atom is -0.379 e. The second-order valence-electron chi connectivity index (χ2n) is 5.11. The number of hydrogen-bond acceptors (Lipinski definition) is 5. The number of ether oxygens (including phenoxy) is 1. The van der Waals surface area contributed by atoms with E-state index in [4.69, 9.17) is 28.6 Å². The van der Waals surface area contributed by atoms with Crippen LogP contribution < -0.4 is 10.6 Å². The summed E-state index contributed by atoms with van der Waals surface area (Å²) in [5.74, 6) is 0. The molecule has 126 valence electrons. The van der Waals surface area contributed by atoms with Crippen LogP contribution in [0.2, 0.25) is 5.02 Å². The second kappa shape index (κ2) is 8.97. The van der Waals surface area contributed by atoms with Crippen molar-refractivity contribution in [2.45, 2.75) is 6.42 Å². The Morgan fingerprint density at radius 3 is 2.87 bits per heavy atom. The zero-order chi connectivity index (χ0) is 16.7. The smallest absolute Gasteiger partial charge is 0.289 e. The molecule has 0 unspecified atom stereocenters. The Kier molecular flexibility index (Phi) is 6.97. The van der Waals surface area contributed by atoms with Crippen molar-refractivity contribution in [1.82, 2.24) is 10.2 Å². The number of halogens is 1.